The number of hydrogen-bond donors (Lipinski definition) is 6. The largest absolute Gasteiger partial charge is 0.432 e. The first kappa shape index (κ1) is 41.8. The molecule has 13 nitrogen and oxygen atoms in total. The van der Waals surface area contributed by atoms with E-state index < -0.39 is 31.5 Å². The normalized spacial score (nSPS) is 19.6. The maximum atomic E-state index is 15.3. The molecule has 0 unspecified atom stereocenters. The van der Waals surface area contributed by atoms with Gasteiger partial charge in [-0.25, -0.2) is 0 Å². The third-order valence-corrected chi connectivity index (χ3v) is 13.9. The number of nitrogens with one attached hydrogen (secondary N) is 2. The number of hydrogen-bond acceptors (Lipinski definition) is 9. The number of nitrogen functional groups attached to an aromatic ring is 2. The second-order valence-corrected chi connectivity index (χ2v) is 20.0. The van der Waals surface area contributed by atoms with Crippen LogP contribution in [-0.4, -0.2) is 66.0 Å². The van der Waals surface area contributed by atoms with Crippen molar-refractivity contribution in [1.82, 2.24) is 4.90 Å². The molecule has 0 radical (unpaired) electrons. The van der Waals surface area contributed by atoms with Crippen molar-refractivity contribution in [3.8, 4) is 0 Å². The van der Waals surface area contributed by atoms with Gasteiger partial charge in [0.15, 0.2) is 13.9 Å². The summed E-state index contributed by atoms with van der Waals surface area (Å²) in [5, 5.41) is 15.8. The number of nitrogens with zero attached hydrogens (tertiary/aromatic N) is 2. The van der Waals surface area contributed by atoms with E-state index in [0.29, 0.717) is 50.7 Å². The van der Waals surface area contributed by atoms with Crippen LogP contribution in [0.2, 0.25) is 18.6 Å². The summed E-state index contributed by atoms with van der Waals surface area (Å²) >= 11 is 0. The molecule has 1 fully saturated rings. The lowest BCUT2D eigenvalue weighted by atomic mass is 9.82. The average Bonchev–Trinajstić information content (AvgIpc) is 3.64. The highest BCUT2D eigenvalue weighted by Crippen LogP contribution is 2.60. The van der Waals surface area contributed by atoms with Gasteiger partial charge in [0.25, 0.3) is 17.7 Å². The molecule has 4 amide bonds. The van der Waals surface area contributed by atoms with Gasteiger partial charge in [0.2, 0.25) is 5.91 Å². The minimum absolute atomic E-state index is 0.0951. The molecule has 14 heteroatoms. The fourth-order valence-corrected chi connectivity index (χ4v) is 11.2. The number of anilines is 5. The zero-order valence-electron chi connectivity index (χ0n) is 33.8. The van der Waals surface area contributed by atoms with Crippen LogP contribution in [0.15, 0.2) is 121 Å². The van der Waals surface area contributed by atoms with Gasteiger partial charge < -0.3 is 46.5 Å². The van der Waals surface area contributed by atoms with Crippen LogP contribution in [0.4, 0.5) is 28.4 Å². The number of fused-ring (bicyclic) bond motifs is 2. The number of rotatable bonds is 13. The van der Waals surface area contributed by atoms with Crippen LogP contribution < -0.4 is 27.0 Å². The highest BCUT2D eigenvalue weighted by Gasteiger charge is 2.66. The Morgan fingerprint density at radius 1 is 0.800 bits per heavy atom. The summed E-state index contributed by atoms with van der Waals surface area (Å²) in [6.07, 6.45) is -0.986. The van der Waals surface area contributed by atoms with E-state index in [1.54, 1.807) is 108 Å². The molecule has 5 aromatic rings. The Morgan fingerprint density at radius 2 is 1.38 bits per heavy atom. The number of nitrogens with two attached hydrogens (primary N) is 2. The molecule has 2 aliphatic heterocycles. The van der Waals surface area contributed by atoms with E-state index in [9.17, 15) is 24.3 Å². The number of carbonyl (C=O) groups is 4. The SMILES string of the molecule is C[C@@H]1[C@@H]([Si](C)(C)O)[C@H](CC(=O)N(CCO)Cc2ccccc2)O[C@@]12C(=O)N(Cc1cccc(NC(=O)c3ccc(N)cc3)c1)c1ccc(NC(=O)c3ccc(N)cc3)cc12. The number of aliphatic hydroxyl groups is 1. The summed E-state index contributed by atoms with van der Waals surface area (Å²) in [6, 6.07) is 35.0. The van der Waals surface area contributed by atoms with Crippen LogP contribution in [0, 0.1) is 5.92 Å². The second kappa shape index (κ2) is 17.1. The van der Waals surface area contributed by atoms with Gasteiger partial charge in [-0.3, -0.25) is 19.2 Å². The van der Waals surface area contributed by atoms with Gasteiger partial charge in [-0.05, 0) is 103 Å². The zero-order chi connectivity index (χ0) is 42.8. The first-order valence-electron chi connectivity index (χ1n) is 19.9. The Balaban J connectivity index is 1.24. The lowest BCUT2D eigenvalue weighted by Gasteiger charge is -2.32. The van der Waals surface area contributed by atoms with Crippen molar-refractivity contribution in [3.05, 3.63) is 149 Å². The minimum Gasteiger partial charge on any atom is -0.432 e. The standard InChI is InChI=1S/C46H50N6O7Si/c1-29-42(60(2,3)58)40(26-41(54)51(22-23-53)27-30-8-5-4-6-9-30)59-46(29)38-25-37(50-44(56)33-14-18-35(48)19-15-33)20-21-39(38)52(45(46)57)28-31-10-7-11-36(24-31)49-43(55)32-12-16-34(47)17-13-32/h4-21,24-25,29,40,42,53,58H,22-23,26-28,47-48H2,1-3H3,(H,49,55)(H,50,56)/t29-,40+,42-,46+/m1/s1. The van der Waals surface area contributed by atoms with Crippen LogP contribution in [0.1, 0.15) is 50.8 Å². The fourth-order valence-electron chi connectivity index (χ4n) is 8.64. The van der Waals surface area contributed by atoms with Crippen molar-refractivity contribution in [2.75, 3.05) is 40.2 Å². The molecular formula is C46H50N6O7Si. The first-order chi connectivity index (χ1) is 28.7. The van der Waals surface area contributed by atoms with Crippen molar-refractivity contribution in [3.63, 3.8) is 0 Å². The van der Waals surface area contributed by atoms with Gasteiger partial charge in [0.1, 0.15) is 0 Å². The molecule has 60 heavy (non-hydrogen) atoms. The van der Waals surface area contributed by atoms with Crippen molar-refractivity contribution in [2.45, 2.75) is 56.8 Å². The summed E-state index contributed by atoms with van der Waals surface area (Å²) in [5.74, 6) is -1.96. The second-order valence-electron chi connectivity index (χ2n) is 16.1. The van der Waals surface area contributed by atoms with Gasteiger partial charge in [0.05, 0.1) is 31.4 Å². The van der Waals surface area contributed by atoms with E-state index in [0.717, 1.165) is 5.56 Å². The monoisotopic (exact) mass is 826 g/mol. The Hall–Kier alpha value is -6.32. The van der Waals surface area contributed by atoms with Crippen LogP contribution in [0.3, 0.4) is 0 Å². The number of carbonyl (C=O) groups excluding carboxylic acids is 4. The van der Waals surface area contributed by atoms with Crippen LogP contribution >= 0.6 is 0 Å². The Kier molecular flexibility index (Phi) is 11.9. The molecular weight excluding hydrogens is 777 g/mol. The van der Waals surface area contributed by atoms with Crippen LogP contribution in [0.25, 0.3) is 0 Å². The molecule has 1 spiro atoms. The van der Waals surface area contributed by atoms with E-state index in [4.69, 9.17) is 16.2 Å². The lowest BCUT2D eigenvalue weighted by Crippen LogP contribution is -2.46. The van der Waals surface area contributed by atoms with Gasteiger partial charge in [-0.2, -0.15) is 0 Å². The summed E-state index contributed by atoms with van der Waals surface area (Å²) < 4.78 is 6.99. The molecule has 0 aromatic heterocycles. The molecule has 0 saturated carbocycles. The highest BCUT2D eigenvalue weighted by molar-refractivity contribution is 6.71. The van der Waals surface area contributed by atoms with Crippen LogP contribution in [0.5, 0.6) is 0 Å². The number of amides is 4. The average molecular weight is 827 g/mol. The number of ether oxygens (including phenoxy) is 1. The minimum atomic E-state index is -3.17. The molecule has 2 heterocycles. The number of benzene rings is 5. The van der Waals surface area contributed by atoms with E-state index in [-0.39, 0.29) is 56.3 Å². The van der Waals surface area contributed by atoms with Gasteiger partial charge >= 0.3 is 0 Å². The molecule has 0 aliphatic carbocycles. The van der Waals surface area contributed by atoms with Gasteiger partial charge in [-0.1, -0.05) is 49.4 Å². The first-order valence-corrected chi connectivity index (χ1v) is 22.9. The Labute approximate surface area is 350 Å². The molecule has 1 saturated heterocycles. The third kappa shape index (κ3) is 8.54. The Bertz CT molecular complexity index is 2390. The summed E-state index contributed by atoms with van der Waals surface area (Å²) in [5.41, 5.74) is 14.9. The lowest BCUT2D eigenvalue weighted by molar-refractivity contribution is -0.150. The maximum absolute atomic E-state index is 15.3. The highest BCUT2D eigenvalue weighted by atomic mass is 28.4. The van der Waals surface area contributed by atoms with Crippen molar-refractivity contribution in [2.24, 2.45) is 5.92 Å². The van der Waals surface area contributed by atoms with E-state index in [1.165, 1.54) is 0 Å². The summed E-state index contributed by atoms with van der Waals surface area (Å²) in [7, 11) is -3.17. The maximum Gasteiger partial charge on any atom is 0.264 e. The predicted molar refractivity (Wildman–Crippen MR) is 234 cm³/mol. The summed E-state index contributed by atoms with van der Waals surface area (Å²) in [4.78, 5) is 71.0. The molecule has 4 atom stereocenters. The quantitative estimate of drug-likeness (QED) is 0.0599. The van der Waals surface area contributed by atoms with E-state index in [1.807, 2.05) is 43.3 Å². The third-order valence-electron chi connectivity index (χ3n) is 11.4. The zero-order valence-corrected chi connectivity index (χ0v) is 34.8. The molecule has 5 aromatic carbocycles. The van der Waals surface area contributed by atoms with Crippen LogP contribution in [-0.2, 0) is 33.0 Å². The molecule has 7 rings (SSSR count). The smallest absolute Gasteiger partial charge is 0.264 e. The van der Waals surface area contributed by atoms with Crippen molar-refractivity contribution in [1.29, 1.82) is 0 Å². The van der Waals surface area contributed by atoms with Crippen molar-refractivity contribution < 1.29 is 33.8 Å². The fraction of sp³-hybridized carbons (Fsp3) is 0.261. The van der Waals surface area contributed by atoms with Crippen molar-refractivity contribution >= 4 is 60.4 Å². The topological polar surface area (TPSA) is 201 Å². The molecule has 310 valence electrons. The molecule has 8 N–H and O–H groups in total. The predicted octanol–water partition coefficient (Wildman–Crippen LogP) is 6.11. The Morgan fingerprint density at radius 3 is 1.97 bits per heavy atom. The molecule has 0 bridgehead atoms. The van der Waals surface area contributed by atoms with E-state index in [2.05, 4.69) is 10.6 Å². The van der Waals surface area contributed by atoms with Gasteiger partial charge in [0, 0.05) is 64.0 Å². The molecule has 2 aliphatic rings. The van der Waals surface area contributed by atoms with Gasteiger partial charge in [-0.15, -0.1) is 0 Å². The van der Waals surface area contributed by atoms with E-state index >= 15 is 4.79 Å². The summed E-state index contributed by atoms with van der Waals surface area (Å²) in [6.45, 7) is 5.67. The number of aliphatic hydroxyl groups excluding tert-OH is 1.